The summed E-state index contributed by atoms with van der Waals surface area (Å²) >= 11 is 0. The number of rotatable bonds is 9. The van der Waals surface area contributed by atoms with Crippen molar-refractivity contribution in [2.75, 3.05) is 9.80 Å². The number of fused-ring (bicyclic) bond motifs is 5. The van der Waals surface area contributed by atoms with E-state index in [-0.39, 0.29) is 0 Å². The quantitative estimate of drug-likeness (QED) is 0.145. The molecule has 0 spiro atoms. The summed E-state index contributed by atoms with van der Waals surface area (Å²) in [5.74, 6) is 0. The lowest BCUT2D eigenvalue weighted by Gasteiger charge is -2.27. The van der Waals surface area contributed by atoms with Crippen LogP contribution in [0.25, 0.3) is 66.1 Å². The molecule has 0 unspecified atom stereocenters. The van der Waals surface area contributed by atoms with E-state index < -0.39 is 0 Å². The number of furan rings is 1. The van der Waals surface area contributed by atoms with Gasteiger partial charge in [0.25, 0.3) is 0 Å². The van der Waals surface area contributed by atoms with Crippen molar-refractivity contribution in [1.82, 2.24) is 0 Å². The number of hydrogen-bond donors (Lipinski definition) is 0. The van der Waals surface area contributed by atoms with Gasteiger partial charge in [-0.1, -0.05) is 170 Å². The first-order valence-corrected chi connectivity index (χ1v) is 20.8. The Hall–Kier alpha value is -8.14. The minimum atomic E-state index is 0.856. The van der Waals surface area contributed by atoms with E-state index in [0.717, 1.165) is 78.0 Å². The van der Waals surface area contributed by atoms with Gasteiger partial charge in [-0.2, -0.15) is 0 Å². The predicted octanol–water partition coefficient (Wildman–Crippen LogP) is 16.7. The van der Waals surface area contributed by atoms with Crippen LogP contribution in [0, 0.1) is 0 Å². The van der Waals surface area contributed by atoms with Gasteiger partial charge < -0.3 is 14.2 Å². The fourth-order valence-electron chi connectivity index (χ4n) is 8.76. The molecule has 0 saturated heterocycles. The van der Waals surface area contributed by atoms with Crippen molar-refractivity contribution in [1.29, 1.82) is 0 Å². The molecule has 0 amide bonds. The average molecular weight is 781 g/mol. The lowest BCUT2D eigenvalue weighted by Crippen LogP contribution is -2.10. The zero-order valence-electron chi connectivity index (χ0n) is 33.4. The van der Waals surface area contributed by atoms with Crippen LogP contribution in [0.3, 0.4) is 0 Å². The second-order valence-electron chi connectivity index (χ2n) is 15.3. The van der Waals surface area contributed by atoms with Crippen LogP contribution in [0.15, 0.2) is 247 Å². The normalized spacial score (nSPS) is 11.3. The van der Waals surface area contributed by atoms with Gasteiger partial charge in [0.1, 0.15) is 11.2 Å². The Morgan fingerprint density at radius 3 is 1.30 bits per heavy atom. The zero-order valence-corrected chi connectivity index (χ0v) is 33.4. The van der Waals surface area contributed by atoms with E-state index in [0.29, 0.717) is 0 Å². The van der Waals surface area contributed by atoms with Gasteiger partial charge >= 0.3 is 0 Å². The maximum Gasteiger partial charge on any atom is 0.143 e. The van der Waals surface area contributed by atoms with Crippen molar-refractivity contribution in [3.63, 3.8) is 0 Å². The van der Waals surface area contributed by atoms with E-state index in [1.54, 1.807) is 0 Å². The highest BCUT2D eigenvalue weighted by Crippen LogP contribution is 2.47. The van der Waals surface area contributed by atoms with E-state index in [4.69, 9.17) is 4.42 Å². The van der Waals surface area contributed by atoms with Crippen LogP contribution >= 0.6 is 0 Å². The molecular formula is C58H40N2O. The molecule has 0 aliphatic rings. The Bertz CT molecular complexity index is 3150. The van der Waals surface area contributed by atoms with Gasteiger partial charge in [-0.25, -0.2) is 0 Å². The zero-order chi connectivity index (χ0) is 40.5. The summed E-state index contributed by atoms with van der Waals surface area (Å²) < 4.78 is 6.89. The largest absolute Gasteiger partial charge is 0.455 e. The van der Waals surface area contributed by atoms with Crippen LogP contribution in [0.1, 0.15) is 0 Å². The molecule has 288 valence electrons. The number of benzene rings is 10. The molecule has 0 bridgehead atoms. The molecule has 0 saturated carbocycles. The lowest BCUT2D eigenvalue weighted by molar-refractivity contribution is 0.673. The van der Waals surface area contributed by atoms with Crippen LogP contribution in [0.5, 0.6) is 0 Å². The first kappa shape index (κ1) is 36.0. The summed E-state index contributed by atoms with van der Waals surface area (Å²) in [6.45, 7) is 0. The molecule has 61 heavy (non-hydrogen) atoms. The van der Waals surface area contributed by atoms with Gasteiger partial charge in [0.2, 0.25) is 0 Å². The molecule has 0 fully saturated rings. The number of nitrogens with zero attached hydrogens (tertiary/aromatic N) is 2. The molecule has 0 aliphatic carbocycles. The topological polar surface area (TPSA) is 19.6 Å². The van der Waals surface area contributed by atoms with Crippen LogP contribution in [-0.2, 0) is 0 Å². The third-order valence-electron chi connectivity index (χ3n) is 11.6. The SMILES string of the molecule is c1ccc(-c2ccc(N(c3ccc(-c4ccccc4)cc3)c3cc4c(oc5cccc(-c6cccc(N(c7ccccc7)c7ccccc7)c6)c54)c4ccccc34)cc2)cc1. The first-order chi connectivity index (χ1) is 30.3. The van der Waals surface area contributed by atoms with Crippen LogP contribution in [0.2, 0.25) is 0 Å². The molecular weight excluding hydrogens is 741 g/mol. The van der Waals surface area contributed by atoms with Crippen LogP contribution in [0.4, 0.5) is 34.1 Å². The molecule has 3 heteroatoms. The van der Waals surface area contributed by atoms with E-state index in [1.165, 1.54) is 22.3 Å². The summed E-state index contributed by atoms with van der Waals surface area (Å²) in [4.78, 5) is 4.71. The van der Waals surface area contributed by atoms with Crippen molar-refractivity contribution in [3.05, 3.63) is 243 Å². The standard InChI is InChI=1S/C58H40N2O/c1-5-17-41(18-6-1)43-31-35-48(36-32-43)60(49-37-33-44(34-38-49)42-19-7-2-8-20-42)55-40-54-57-51(29-16-30-56(57)61-58(54)53-28-14-13-27-52(53)55)45-21-15-26-50(39-45)59(46-22-9-3-10-23-46)47-24-11-4-12-25-47/h1-40H. The van der Waals surface area contributed by atoms with Crippen LogP contribution < -0.4 is 9.80 Å². The lowest BCUT2D eigenvalue weighted by atomic mass is 9.96. The van der Waals surface area contributed by atoms with Crippen molar-refractivity contribution in [3.8, 4) is 33.4 Å². The smallest absolute Gasteiger partial charge is 0.143 e. The Kier molecular flexibility index (Phi) is 9.18. The second kappa shape index (κ2) is 15.6. The molecule has 0 atom stereocenters. The van der Waals surface area contributed by atoms with Gasteiger partial charge in [0, 0.05) is 50.0 Å². The maximum atomic E-state index is 6.89. The molecule has 1 heterocycles. The number of hydrogen-bond acceptors (Lipinski definition) is 3. The highest BCUT2D eigenvalue weighted by atomic mass is 16.3. The fourth-order valence-corrected chi connectivity index (χ4v) is 8.76. The molecule has 11 rings (SSSR count). The Morgan fingerprint density at radius 1 is 0.279 bits per heavy atom. The van der Waals surface area contributed by atoms with Crippen molar-refractivity contribution in [2.45, 2.75) is 0 Å². The van der Waals surface area contributed by atoms with E-state index in [9.17, 15) is 0 Å². The van der Waals surface area contributed by atoms with E-state index >= 15 is 0 Å². The average Bonchev–Trinajstić information content (AvgIpc) is 3.73. The molecule has 10 aromatic carbocycles. The Balaban J connectivity index is 1.11. The molecule has 0 aliphatic heterocycles. The molecule has 0 N–H and O–H groups in total. The van der Waals surface area contributed by atoms with Crippen LogP contribution in [-0.4, -0.2) is 0 Å². The predicted molar refractivity (Wildman–Crippen MR) is 257 cm³/mol. The van der Waals surface area contributed by atoms with Gasteiger partial charge in [0.15, 0.2) is 0 Å². The minimum Gasteiger partial charge on any atom is -0.455 e. The Morgan fingerprint density at radius 2 is 0.721 bits per heavy atom. The fraction of sp³-hybridized carbons (Fsp3) is 0. The highest BCUT2D eigenvalue weighted by molar-refractivity contribution is 6.22. The maximum absolute atomic E-state index is 6.89. The highest BCUT2D eigenvalue weighted by Gasteiger charge is 2.22. The summed E-state index contributed by atoms with van der Waals surface area (Å²) in [5, 5.41) is 4.33. The van der Waals surface area contributed by atoms with Gasteiger partial charge in [-0.3, -0.25) is 0 Å². The first-order valence-electron chi connectivity index (χ1n) is 20.8. The molecule has 11 aromatic rings. The summed E-state index contributed by atoms with van der Waals surface area (Å²) in [5.41, 5.74) is 15.2. The van der Waals surface area contributed by atoms with Gasteiger partial charge in [-0.15, -0.1) is 0 Å². The minimum absolute atomic E-state index is 0.856. The third-order valence-corrected chi connectivity index (χ3v) is 11.6. The second-order valence-corrected chi connectivity index (χ2v) is 15.3. The summed E-state index contributed by atoms with van der Waals surface area (Å²) in [6, 6.07) is 86.4. The van der Waals surface area contributed by atoms with Gasteiger partial charge in [-0.05, 0) is 106 Å². The molecule has 0 radical (unpaired) electrons. The Labute approximate surface area is 355 Å². The monoisotopic (exact) mass is 780 g/mol. The van der Waals surface area contributed by atoms with E-state index in [1.807, 2.05) is 0 Å². The van der Waals surface area contributed by atoms with Crippen molar-refractivity contribution in [2.24, 2.45) is 0 Å². The third kappa shape index (κ3) is 6.69. The summed E-state index contributed by atoms with van der Waals surface area (Å²) in [6.07, 6.45) is 0. The summed E-state index contributed by atoms with van der Waals surface area (Å²) in [7, 11) is 0. The van der Waals surface area contributed by atoms with Crippen molar-refractivity contribution >= 4 is 66.8 Å². The molecule has 3 nitrogen and oxygen atoms in total. The number of anilines is 6. The van der Waals surface area contributed by atoms with Crippen molar-refractivity contribution < 1.29 is 4.42 Å². The number of para-hydroxylation sites is 2. The molecule has 1 aromatic heterocycles. The van der Waals surface area contributed by atoms with Gasteiger partial charge in [0.05, 0.1) is 5.69 Å². The van der Waals surface area contributed by atoms with E-state index in [2.05, 4.69) is 252 Å².